The molecule has 0 saturated carbocycles. The van der Waals surface area contributed by atoms with Crippen molar-refractivity contribution in [1.82, 2.24) is 14.8 Å². The topological polar surface area (TPSA) is 88.9 Å². The van der Waals surface area contributed by atoms with E-state index in [2.05, 4.69) is 20.8 Å². The summed E-state index contributed by atoms with van der Waals surface area (Å²) in [5, 5.41) is 15.0. The van der Waals surface area contributed by atoms with Crippen LogP contribution in [-0.4, -0.2) is 32.3 Å². The number of anilines is 2. The maximum absolute atomic E-state index is 12.4. The van der Waals surface area contributed by atoms with Crippen LogP contribution >= 0.6 is 23.4 Å². The normalized spacial score (nSPS) is 10.6. The summed E-state index contributed by atoms with van der Waals surface area (Å²) >= 11 is 7.33. The number of rotatable bonds is 8. The average molecular weight is 444 g/mol. The van der Waals surface area contributed by atoms with E-state index in [1.807, 2.05) is 42.7 Å². The van der Waals surface area contributed by atoms with Crippen molar-refractivity contribution in [3.63, 3.8) is 0 Å². The van der Waals surface area contributed by atoms with E-state index in [9.17, 15) is 9.59 Å². The first-order valence-corrected chi connectivity index (χ1v) is 10.8. The van der Waals surface area contributed by atoms with Crippen molar-refractivity contribution in [2.45, 2.75) is 32.0 Å². The largest absolute Gasteiger partial charge is 0.325 e. The molecule has 2 N–H and O–H groups in total. The lowest BCUT2D eigenvalue weighted by molar-refractivity contribution is -0.116. The van der Waals surface area contributed by atoms with Gasteiger partial charge in [0.15, 0.2) is 5.16 Å². The van der Waals surface area contributed by atoms with Crippen molar-refractivity contribution in [3.8, 4) is 0 Å². The van der Waals surface area contributed by atoms with Gasteiger partial charge in [0.2, 0.25) is 11.8 Å². The number of carbonyl (C=O) groups is 2. The number of aryl methyl sites for hydroxylation is 1. The quantitative estimate of drug-likeness (QED) is 0.510. The van der Waals surface area contributed by atoms with Gasteiger partial charge < -0.3 is 15.2 Å². The number of nitrogens with one attached hydrogen (secondary N) is 2. The van der Waals surface area contributed by atoms with E-state index in [0.29, 0.717) is 28.2 Å². The fourth-order valence-corrected chi connectivity index (χ4v) is 3.81. The minimum atomic E-state index is -0.197. The molecule has 0 atom stereocenters. The Kier molecular flexibility index (Phi) is 7.48. The van der Waals surface area contributed by atoms with E-state index in [1.165, 1.54) is 11.8 Å². The van der Waals surface area contributed by atoms with Crippen LogP contribution in [0.4, 0.5) is 11.4 Å². The molecule has 3 rings (SSSR count). The highest BCUT2D eigenvalue weighted by Gasteiger charge is 2.16. The molecule has 0 bridgehead atoms. The molecule has 9 heteroatoms. The SMILES string of the molecule is CCn1c(CC(=O)Nc2ccccc2C)nnc1SCC(=O)Nc1ccccc1Cl. The second kappa shape index (κ2) is 10.3. The van der Waals surface area contributed by atoms with Gasteiger partial charge in [-0.05, 0) is 37.6 Å². The fraction of sp³-hybridized carbons (Fsp3) is 0.238. The van der Waals surface area contributed by atoms with Gasteiger partial charge in [0.1, 0.15) is 5.82 Å². The molecular weight excluding hydrogens is 422 g/mol. The summed E-state index contributed by atoms with van der Waals surface area (Å²) in [6.07, 6.45) is 0.0988. The Bertz CT molecular complexity index is 1050. The highest BCUT2D eigenvalue weighted by molar-refractivity contribution is 7.99. The second-order valence-electron chi connectivity index (χ2n) is 6.50. The van der Waals surface area contributed by atoms with Gasteiger partial charge in [0.25, 0.3) is 0 Å². The maximum Gasteiger partial charge on any atom is 0.234 e. The van der Waals surface area contributed by atoms with Crippen LogP contribution in [0.15, 0.2) is 53.7 Å². The molecule has 2 aromatic carbocycles. The Morgan fingerprint density at radius 1 is 1.00 bits per heavy atom. The van der Waals surface area contributed by atoms with Gasteiger partial charge in [-0.1, -0.05) is 53.7 Å². The molecule has 2 amide bonds. The summed E-state index contributed by atoms with van der Waals surface area (Å²) in [6.45, 7) is 4.47. The molecule has 0 aliphatic rings. The van der Waals surface area contributed by atoms with Crippen molar-refractivity contribution < 1.29 is 9.59 Å². The Balaban J connectivity index is 1.60. The van der Waals surface area contributed by atoms with Crippen LogP contribution in [0.1, 0.15) is 18.3 Å². The molecule has 0 saturated heterocycles. The maximum atomic E-state index is 12.4. The van der Waals surface area contributed by atoms with Crippen LogP contribution < -0.4 is 10.6 Å². The fourth-order valence-electron chi connectivity index (χ4n) is 2.80. The predicted molar refractivity (Wildman–Crippen MR) is 120 cm³/mol. The molecule has 1 aromatic heterocycles. The number of para-hydroxylation sites is 2. The molecule has 0 unspecified atom stereocenters. The molecule has 0 fully saturated rings. The molecule has 3 aromatic rings. The summed E-state index contributed by atoms with van der Waals surface area (Å²) < 4.78 is 1.84. The molecule has 0 spiro atoms. The molecule has 1 heterocycles. The summed E-state index contributed by atoms with van der Waals surface area (Å²) in [7, 11) is 0. The Morgan fingerprint density at radius 2 is 1.67 bits per heavy atom. The van der Waals surface area contributed by atoms with Crippen LogP contribution in [0, 0.1) is 6.92 Å². The van der Waals surface area contributed by atoms with Crippen LogP contribution in [0.3, 0.4) is 0 Å². The lowest BCUT2D eigenvalue weighted by atomic mass is 10.2. The number of hydrogen-bond acceptors (Lipinski definition) is 5. The summed E-state index contributed by atoms with van der Waals surface area (Å²) in [5.74, 6) is 0.341. The van der Waals surface area contributed by atoms with Gasteiger partial charge in [-0.25, -0.2) is 0 Å². The minimum absolute atomic E-state index is 0.0988. The summed E-state index contributed by atoms with van der Waals surface area (Å²) in [4.78, 5) is 24.7. The average Bonchev–Trinajstić information content (AvgIpc) is 3.11. The van der Waals surface area contributed by atoms with E-state index >= 15 is 0 Å². The van der Waals surface area contributed by atoms with E-state index < -0.39 is 0 Å². The van der Waals surface area contributed by atoms with E-state index in [0.717, 1.165) is 11.3 Å². The van der Waals surface area contributed by atoms with Gasteiger partial charge in [-0.3, -0.25) is 9.59 Å². The molecule has 156 valence electrons. The smallest absolute Gasteiger partial charge is 0.234 e. The third-order valence-electron chi connectivity index (χ3n) is 4.33. The van der Waals surface area contributed by atoms with Crippen LogP contribution in [0.5, 0.6) is 0 Å². The number of thioether (sulfide) groups is 1. The van der Waals surface area contributed by atoms with Crippen LogP contribution in [-0.2, 0) is 22.6 Å². The number of carbonyl (C=O) groups excluding carboxylic acids is 2. The summed E-state index contributed by atoms with van der Waals surface area (Å²) in [6, 6.07) is 14.6. The zero-order valence-corrected chi connectivity index (χ0v) is 18.3. The highest BCUT2D eigenvalue weighted by atomic mass is 35.5. The lowest BCUT2D eigenvalue weighted by Crippen LogP contribution is -2.18. The monoisotopic (exact) mass is 443 g/mol. The predicted octanol–water partition coefficient (Wildman–Crippen LogP) is 4.17. The standard InChI is InChI=1S/C21H22ClN5O2S/c1-3-27-18(12-19(28)23-16-10-6-4-8-14(16)2)25-26-21(27)30-13-20(29)24-17-11-7-5-9-15(17)22/h4-11H,3,12-13H2,1-2H3,(H,23,28)(H,24,29). The van der Waals surface area contributed by atoms with Crippen molar-refractivity contribution in [2.24, 2.45) is 0 Å². The third-order valence-corrected chi connectivity index (χ3v) is 5.62. The lowest BCUT2D eigenvalue weighted by Gasteiger charge is -2.10. The van der Waals surface area contributed by atoms with Crippen molar-refractivity contribution in [3.05, 3.63) is 64.9 Å². The van der Waals surface area contributed by atoms with E-state index in [-0.39, 0.29) is 24.0 Å². The second-order valence-corrected chi connectivity index (χ2v) is 7.85. The first kappa shape index (κ1) is 21.9. The summed E-state index contributed by atoms with van der Waals surface area (Å²) in [5.41, 5.74) is 2.33. The van der Waals surface area contributed by atoms with Gasteiger partial charge in [-0.15, -0.1) is 10.2 Å². The molecule has 0 aliphatic heterocycles. The van der Waals surface area contributed by atoms with Gasteiger partial charge in [-0.2, -0.15) is 0 Å². The number of halogens is 1. The van der Waals surface area contributed by atoms with Crippen molar-refractivity contribution in [2.75, 3.05) is 16.4 Å². The Labute approximate surface area is 184 Å². The van der Waals surface area contributed by atoms with E-state index in [4.69, 9.17) is 11.6 Å². The van der Waals surface area contributed by atoms with Crippen molar-refractivity contribution >= 4 is 46.6 Å². The van der Waals surface area contributed by atoms with E-state index in [1.54, 1.807) is 24.3 Å². The number of benzene rings is 2. The van der Waals surface area contributed by atoms with Gasteiger partial charge >= 0.3 is 0 Å². The molecule has 7 nitrogen and oxygen atoms in total. The molecule has 0 aliphatic carbocycles. The molecule has 0 radical (unpaired) electrons. The number of hydrogen-bond donors (Lipinski definition) is 2. The number of aromatic nitrogens is 3. The zero-order valence-electron chi connectivity index (χ0n) is 16.7. The minimum Gasteiger partial charge on any atom is -0.325 e. The van der Waals surface area contributed by atoms with Crippen molar-refractivity contribution in [1.29, 1.82) is 0 Å². The Morgan fingerprint density at radius 3 is 2.37 bits per heavy atom. The highest BCUT2D eigenvalue weighted by Crippen LogP contribution is 2.22. The van der Waals surface area contributed by atoms with Crippen LogP contribution in [0.25, 0.3) is 0 Å². The zero-order chi connectivity index (χ0) is 21.5. The molecule has 30 heavy (non-hydrogen) atoms. The first-order valence-electron chi connectivity index (χ1n) is 9.42. The van der Waals surface area contributed by atoms with Gasteiger partial charge in [0.05, 0.1) is 22.9 Å². The third kappa shape index (κ3) is 5.61. The first-order chi connectivity index (χ1) is 14.5. The Hall–Kier alpha value is -2.84. The van der Waals surface area contributed by atoms with Gasteiger partial charge in [0, 0.05) is 12.2 Å². The molecular formula is C21H22ClN5O2S. The number of nitrogens with zero attached hydrogens (tertiary/aromatic N) is 3. The van der Waals surface area contributed by atoms with Crippen LogP contribution in [0.2, 0.25) is 5.02 Å². The number of amides is 2.